The van der Waals surface area contributed by atoms with Crippen LogP contribution in [0.1, 0.15) is 18.0 Å². The van der Waals surface area contributed by atoms with Gasteiger partial charge < -0.3 is 20.9 Å². The van der Waals surface area contributed by atoms with Crippen molar-refractivity contribution in [3.05, 3.63) is 70.3 Å². The number of amides is 3. The zero-order valence-corrected chi connectivity index (χ0v) is 15.9. The number of nitrogens with one attached hydrogen (secondary N) is 1. The number of primary amides is 1. The molecule has 9 heteroatoms. The second-order valence-corrected chi connectivity index (χ2v) is 6.79. The van der Waals surface area contributed by atoms with E-state index in [9.17, 15) is 19.7 Å². The van der Waals surface area contributed by atoms with E-state index in [4.69, 9.17) is 5.73 Å². The minimum atomic E-state index is -0.687. The smallest absolute Gasteiger partial charge is 0.312 e. The van der Waals surface area contributed by atoms with Crippen molar-refractivity contribution in [1.29, 1.82) is 0 Å². The molecule has 3 N–H and O–H groups in total. The number of nitro benzene ring substituents is 1. The van der Waals surface area contributed by atoms with Crippen LogP contribution in [-0.4, -0.2) is 47.9 Å². The minimum Gasteiger partial charge on any atom is -0.362 e. The number of nitrogens with zero attached hydrogens (tertiary/aromatic N) is 3. The molecule has 152 valence electrons. The number of nitro groups is 1. The second-order valence-electron chi connectivity index (χ2n) is 6.79. The maximum absolute atomic E-state index is 12.8. The molecule has 0 bridgehead atoms. The molecule has 9 nitrogen and oxygen atoms in total. The lowest BCUT2D eigenvalue weighted by Gasteiger charge is -2.36. The van der Waals surface area contributed by atoms with Crippen LogP contribution in [0.3, 0.4) is 0 Å². The molecular formula is C20H23N5O4. The highest BCUT2D eigenvalue weighted by atomic mass is 16.6. The molecule has 1 fully saturated rings. The lowest BCUT2D eigenvalue weighted by atomic mass is 10.0. The Kier molecular flexibility index (Phi) is 6.28. The molecule has 3 amide bonds. The first-order valence-electron chi connectivity index (χ1n) is 9.32. The molecule has 2 aromatic rings. The molecule has 1 atom stereocenters. The zero-order valence-electron chi connectivity index (χ0n) is 15.9. The van der Waals surface area contributed by atoms with Crippen LogP contribution in [0.15, 0.2) is 54.6 Å². The quantitative estimate of drug-likeness (QED) is 0.571. The summed E-state index contributed by atoms with van der Waals surface area (Å²) in [4.78, 5) is 38.6. The van der Waals surface area contributed by atoms with Gasteiger partial charge in [0.1, 0.15) is 5.69 Å². The van der Waals surface area contributed by atoms with Gasteiger partial charge in [0.15, 0.2) is 0 Å². The van der Waals surface area contributed by atoms with Crippen molar-refractivity contribution in [2.24, 2.45) is 5.73 Å². The summed E-state index contributed by atoms with van der Waals surface area (Å²) in [5, 5.41) is 13.9. The van der Waals surface area contributed by atoms with E-state index in [1.54, 1.807) is 23.1 Å². The molecule has 3 rings (SSSR count). The van der Waals surface area contributed by atoms with Crippen molar-refractivity contribution in [3.63, 3.8) is 0 Å². The molecule has 0 radical (unpaired) electrons. The van der Waals surface area contributed by atoms with E-state index in [1.807, 2.05) is 35.2 Å². The van der Waals surface area contributed by atoms with Gasteiger partial charge in [0, 0.05) is 32.2 Å². The Labute approximate surface area is 168 Å². The largest absolute Gasteiger partial charge is 0.362 e. The van der Waals surface area contributed by atoms with Crippen molar-refractivity contribution in [3.8, 4) is 0 Å². The van der Waals surface area contributed by atoms with E-state index in [1.165, 1.54) is 6.07 Å². The summed E-state index contributed by atoms with van der Waals surface area (Å²) in [5.41, 5.74) is 6.69. The zero-order chi connectivity index (χ0) is 20.8. The van der Waals surface area contributed by atoms with Gasteiger partial charge in [0.25, 0.3) is 5.69 Å². The van der Waals surface area contributed by atoms with Crippen LogP contribution in [0.25, 0.3) is 0 Å². The molecule has 1 aliphatic heterocycles. The molecule has 29 heavy (non-hydrogen) atoms. The summed E-state index contributed by atoms with van der Waals surface area (Å²) in [7, 11) is 0. The molecule has 0 aliphatic carbocycles. The number of rotatable bonds is 6. The van der Waals surface area contributed by atoms with Crippen LogP contribution < -0.4 is 16.0 Å². The van der Waals surface area contributed by atoms with Gasteiger partial charge in [0.05, 0.1) is 17.4 Å². The number of carbonyl (C=O) groups excluding carboxylic acids is 2. The van der Waals surface area contributed by atoms with Gasteiger partial charge in [-0.25, -0.2) is 4.79 Å². The van der Waals surface area contributed by atoms with E-state index < -0.39 is 17.0 Å². The van der Waals surface area contributed by atoms with E-state index in [0.717, 1.165) is 5.56 Å². The molecule has 0 aromatic heterocycles. The van der Waals surface area contributed by atoms with Crippen LogP contribution in [0.2, 0.25) is 0 Å². The number of urea groups is 1. The third-order valence-electron chi connectivity index (χ3n) is 4.95. The van der Waals surface area contributed by atoms with Gasteiger partial charge in [0.2, 0.25) is 5.91 Å². The van der Waals surface area contributed by atoms with E-state index in [0.29, 0.717) is 31.9 Å². The van der Waals surface area contributed by atoms with Gasteiger partial charge in [-0.1, -0.05) is 42.5 Å². The topological polar surface area (TPSA) is 122 Å². The summed E-state index contributed by atoms with van der Waals surface area (Å²) < 4.78 is 0. The number of para-hydroxylation sites is 2. The summed E-state index contributed by atoms with van der Waals surface area (Å²) >= 11 is 0. The number of carbonyl (C=O) groups is 2. The first-order chi connectivity index (χ1) is 14.0. The molecule has 0 spiro atoms. The lowest BCUT2D eigenvalue weighted by molar-refractivity contribution is -0.384. The fraction of sp³-hybridized carbons (Fsp3) is 0.300. The van der Waals surface area contributed by atoms with Gasteiger partial charge in [-0.15, -0.1) is 0 Å². The third-order valence-corrected chi connectivity index (χ3v) is 4.95. The minimum absolute atomic E-state index is 0.0575. The van der Waals surface area contributed by atoms with Crippen LogP contribution in [0.5, 0.6) is 0 Å². The van der Waals surface area contributed by atoms with Crippen molar-refractivity contribution < 1.29 is 14.5 Å². The molecule has 0 saturated carbocycles. The average Bonchev–Trinajstić information content (AvgIpc) is 2.73. The van der Waals surface area contributed by atoms with Crippen molar-refractivity contribution in [1.82, 2.24) is 10.2 Å². The van der Waals surface area contributed by atoms with Gasteiger partial charge in [-0.05, 0) is 11.6 Å². The Morgan fingerprint density at radius 1 is 1.03 bits per heavy atom. The summed E-state index contributed by atoms with van der Waals surface area (Å²) in [6.07, 6.45) is 0.0957. The Morgan fingerprint density at radius 3 is 2.28 bits per heavy atom. The molecule has 1 saturated heterocycles. The summed E-state index contributed by atoms with van der Waals surface area (Å²) in [5.74, 6) is -0.102. The van der Waals surface area contributed by atoms with Crippen molar-refractivity contribution >= 4 is 23.3 Å². The van der Waals surface area contributed by atoms with Crippen LogP contribution in [0, 0.1) is 10.1 Å². The van der Waals surface area contributed by atoms with E-state index in [2.05, 4.69) is 5.32 Å². The molecule has 1 heterocycles. The van der Waals surface area contributed by atoms with Gasteiger partial charge in [-0.2, -0.15) is 0 Å². The Morgan fingerprint density at radius 2 is 1.66 bits per heavy atom. The normalized spacial score (nSPS) is 14.9. The van der Waals surface area contributed by atoms with Crippen molar-refractivity contribution in [2.45, 2.75) is 12.5 Å². The Hall–Kier alpha value is -3.62. The molecule has 1 aliphatic rings. The van der Waals surface area contributed by atoms with Crippen LogP contribution >= 0.6 is 0 Å². The first-order valence-corrected chi connectivity index (χ1v) is 9.32. The van der Waals surface area contributed by atoms with E-state index >= 15 is 0 Å². The monoisotopic (exact) mass is 397 g/mol. The first kappa shape index (κ1) is 20.1. The fourth-order valence-electron chi connectivity index (χ4n) is 3.50. The highest BCUT2D eigenvalue weighted by Crippen LogP contribution is 2.28. The maximum Gasteiger partial charge on any atom is 0.312 e. The Balaban J connectivity index is 1.63. The Bertz CT molecular complexity index is 881. The fourth-order valence-corrected chi connectivity index (χ4v) is 3.50. The molecular weight excluding hydrogens is 374 g/mol. The van der Waals surface area contributed by atoms with E-state index in [-0.39, 0.29) is 18.0 Å². The van der Waals surface area contributed by atoms with Gasteiger partial charge >= 0.3 is 6.03 Å². The van der Waals surface area contributed by atoms with Gasteiger partial charge in [-0.3, -0.25) is 14.9 Å². The summed E-state index contributed by atoms with van der Waals surface area (Å²) in [6, 6.07) is 14.6. The average molecular weight is 397 g/mol. The summed E-state index contributed by atoms with van der Waals surface area (Å²) in [6.45, 7) is 1.89. The predicted molar refractivity (Wildman–Crippen MR) is 108 cm³/mol. The number of hydrogen-bond acceptors (Lipinski definition) is 5. The molecule has 1 unspecified atom stereocenters. The maximum atomic E-state index is 12.8. The van der Waals surface area contributed by atoms with Crippen LogP contribution in [-0.2, 0) is 4.79 Å². The highest BCUT2D eigenvalue weighted by Gasteiger charge is 2.27. The standard InChI is InChI=1S/C20H23N5O4/c21-20(27)22-16(15-6-2-1-3-7-15)14-19(26)24-12-10-23(11-13-24)17-8-4-5-9-18(17)25(28)29/h1-9,16H,10-14H2,(H3,21,22,27). The number of nitrogens with two attached hydrogens (primary N) is 1. The van der Waals surface area contributed by atoms with Crippen LogP contribution in [0.4, 0.5) is 16.2 Å². The third kappa shape index (κ3) is 5.01. The number of anilines is 1. The highest BCUT2D eigenvalue weighted by molar-refractivity contribution is 5.79. The number of benzene rings is 2. The number of hydrogen-bond donors (Lipinski definition) is 2. The SMILES string of the molecule is NC(=O)NC(CC(=O)N1CCN(c2ccccc2[N+](=O)[O-])CC1)c1ccccc1. The molecule has 2 aromatic carbocycles. The van der Waals surface area contributed by atoms with Crippen molar-refractivity contribution in [2.75, 3.05) is 31.1 Å². The second kappa shape index (κ2) is 9.05. The number of piperazine rings is 1. The predicted octanol–water partition coefficient (Wildman–Crippen LogP) is 2.04. The lowest BCUT2D eigenvalue weighted by Crippen LogP contribution is -2.49.